The van der Waals surface area contributed by atoms with Crippen LogP contribution in [0.5, 0.6) is 11.5 Å². The molecule has 11 nitrogen and oxygen atoms in total. The normalized spacial score (nSPS) is 11.5. The Morgan fingerprint density at radius 3 is 1.19 bits per heavy atom. The van der Waals surface area contributed by atoms with Gasteiger partial charge in [0.2, 0.25) is 0 Å². The van der Waals surface area contributed by atoms with Crippen molar-refractivity contribution in [2.75, 3.05) is 0 Å². The Hall–Kier alpha value is -9.09. The van der Waals surface area contributed by atoms with Gasteiger partial charge in [0.15, 0.2) is 11.6 Å². The fourth-order valence-corrected chi connectivity index (χ4v) is 8.93. The molecule has 0 aliphatic heterocycles. The first-order chi connectivity index (χ1) is 36.0. The van der Waals surface area contributed by atoms with E-state index in [9.17, 15) is 4.79 Å². The van der Waals surface area contributed by atoms with Gasteiger partial charge < -0.3 is 18.9 Å². The summed E-state index contributed by atoms with van der Waals surface area (Å²) in [6.45, 7) is 8.27. The third-order valence-corrected chi connectivity index (χ3v) is 12.4. The zero-order chi connectivity index (χ0) is 50.9. The van der Waals surface area contributed by atoms with E-state index in [-0.39, 0.29) is 0 Å². The first-order valence-corrected chi connectivity index (χ1v) is 24.7. The fourth-order valence-electron chi connectivity index (χ4n) is 8.93. The fraction of sp³-hybridized carbons (Fsp3) is 0.159. The van der Waals surface area contributed by atoms with Crippen LogP contribution in [0.25, 0.3) is 56.4 Å². The predicted molar refractivity (Wildman–Crippen MR) is 289 cm³/mol. The quantitative estimate of drug-likeness (QED) is 0.0775. The summed E-state index contributed by atoms with van der Waals surface area (Å²) in [6, 6.07) is 68.3. The number of carbonyl (C=O) groups excluding carboxylic acids is 1. The summed E-state index contributed by atoms with van der Waals surface area (Å²) in [5.74, 6) is 2.72. The van der Waals surface area contributed by atoms with Gasteiger partial charge >= 0.3 is 6.16 Å². The Balaban J connectivity index is 0.889. The second-order valence-electron chi connectivity index (χ2n) is 19.3. The molecule has 0 radical (unpaired) electrons. The average molecular weight is 977 g/mol. The molecule has 0 aliphatic carbocycles. The zero-order valence-corrected chi connectivity index (χ0v) is 41.8. The van der Waals surface area contributed by atoms with Crippen molar-refractivity contribution in [3.05, 3.63) is 241 Å². The number of aromatic nitrogens is 6. The molecule has 0 N–H and O–H groups in total. The third kappa shape index (κ3) is 11.8. The van der Waals surface area contributed by atoms with E-state index in [4.69, 9.17) is 29.1 Å². The summed E-state index contributed by atoms with van der Waals surface area (Å²) < 4.78 is 29.0. The van der Waals surface area contributed by atoms with Crippen LogP contribution >= 0.6 is 0 Å². The third-order valence-electron chi connectivity index (χ3n) is 12.4. The minimum atomic E-state index is -1.03. The Morgan fingerprint density at radius 1 is 0.432 bits per heavy atom. The molecular weight excluding hydrogens is 921 g/mol. The number of ether oxygens (including phenoxy) is 4. The van der Waals surface area contributed by atoms with Crippen LogP contribution in [-0.4, -0.2) is 46.9 Å². The number of carbonyl (C=O) groups is 1. The molecule has 74 heavy (non-hydrogen) atoms. The van der Waals surface area contributed by atoms with Gasteiger partial charge in [-0.3, -0.25) is 0 Å². The largest absolute Gasteiger partial charge is 0.509 e. The van der Waals surface area contributed by atoms with Gasteiger partial charge in [0.1, 0.15) is 35.9 Å². The molecule has 0 amide bonds. The second-order valence-corrected chi connectivity index (χ2v) is 19.3. The van der Waals surface area contributed by atoms with Gasteiger partial charge in [-0.15, -0.1) is 0 Å². The molecule has 0 atom stereocenters. The molecule has 10 aromatic rings. The average Bonchev–Trinajstić information content (AvgIpc) is 4.04. The van der Waals surface area contributed by atoms with Crippen LogP contribution in [0, 0.1) is 0 Å². The lowest BCUT2D eigenvalue weighted by atomic mass is 9.99. The monoisotopic (exact) mass is 976 g/mol. The number of rotatable bonds is 18. The predicted octanol–water partition coefficient (Wildman–Crippen LogP) is 14.2. The maximum atomic E-state index is 14.0. The van der Waals surface area contributed by atoms with E-state index in [0.29, 0.717) is 49.1 Å². The summed E-state index contributed by atoms with van der Waals surface area (Å²) in [6.07, 6.45) is 3.24. The van der Waals surface area contributed by atoms with Crippen molar-refractivity contribution in [2.24, 2.45) is 0 Å². The summed E-state index contributed by atoms with van der Waals surface area (Å²) in [5, 5.41) is 10.2. The van der Waals surface area contributed by atoms with Crippen molar-refractivity contribution in [3.63, 3.8) is 0 Å². The highest BCUT2D eigenvalue weighted by Crippen LogP contribution is 2.38. The van der Waals surface area contributed by atoms with Crippen LogP contribution in [0.3, 0.4) is 0 Å². The maximum Gasteiger partial charge on any atom is 0.509 e. The maximum absolute atomic E-state index is 14.0. The van der Waals surface area contributed by atoms with E-state index >= 15 is 0 Å². The van der Waals surface area contributed by atoms with Crippen molar-refractivity contribution in [1.82, 2.24) is 29.5 Å². The van der Waals surface area contributed by atoms with Crippen molar-refractivity contribution in [1.29, 1.82) is 0 Å². The summed E-state index contributed by atoms with van der Waals surface area (Å²) in [4.78, 5) is 23.3. The SMILES string of the molecule is CC(C)(Cc1cc(-c2ccc(-c3ccccc3)c(OCc3ccccc3)c2)nn1-c1ccccn1)OC(=O)OC(C)(C)Cc1cc(-c2ccc(-c3ccccc3)c(OCc3ccccc3)c2)nn1-c1ccccn1. The topological polar surface area (TPSA) is 115 Å². The van der Waals surface area contributed by atoms with Gasteiger partial charge in [-0.1, -0.05) is 146 Å². The van der Waals surface area contributed by atoms with Gasteiger partial charge in [0.25, 0.3) is 0 Å². The van der Waals surface area contributed by atoms with E-state index < -0.39 is 17.4 Å². The molecule has 0 aliphatic rings. The molecule has 0 bridgehead atoms. The number of benzene rings is 6. The van der Waals surface area contributed by atoms with Crippen LogP contribution < -0.4 is 9.47 Å². The zero-order valence-electron chi connectivity index (χ0n) is 41.8. The smallest absolute Gasteiger partial charge is 0.488 e. The van der Waals surface area contributed by atoms with Gasteiger partial charge in [0.05, 0.1) is 22.8 Å². The van der Waals surface area contributed by atoms with Crippen LogP contribution in [0.4, 0.5) is 4.79 Å². The van der Waals surface area contributed by atoms with E-state index in [1.165, 1.54) is 0 Å². The lowest BCUT2D eigenvalue weighted by Crippen LogP contribution is -2.37. The van der Waals surface area contributed by atoms with Gasteiger partial charge in [0, 0.05) is 47.5 Å². The molecule has 0 spiro atoms. The number of hydrogen-bond donors (Lipinski definition) is 0. The number of nitrogens with zero attached hydrogens (tertiary/aromatic N) is 6. The lowest BCUT2D eigenvalue weighted by Gasteiger charge is -2.29. The molecule has 0 fully saturated rings. The standard InChI is InChI=1S/C63H56N6O5/c1-62(2,41-51-39-55(66-68(51)59-29-17-19-35-64-59)49-31-33-53(47-25-13-7-14-26-47)57(37-49)71-43-45-21-9-5-10-22-45)73-61(70)74-63(3,4)42-52-40-56(67-69(52)60-30-18-20-36-65-60)50-32-34-54(48-27-15-8-16-28-48)58(38-50)72-44-46-23-11-6-12-24-46/h5-40H,41-44H2,1-4H3. The van der Waals surface area contributed by atoms with Crippen molar-refractivity contribution < 1.29 is 23.7 Å². The first-order valence-electron chi connectivity index (χ1n) is 24.7. The Bertz CT molecular complexity index is 3230. The lowest BCUT2D eigenvalue weighted by molar-refractivity contribution is -0.0589. The van der Waals surface area contributed by atoms with E-state index in [2.05, 4.69) is 82.8 Å². The van der Waals surface area contributed by atoms with Crippen LogP contribution in [0.15, 0.2) is 219 Å². The molecule has 6 aromatic carbocycles. The van der Waals surface area contributed by atoms with Gasteiger partial charge in [-0.05, 0) is 111 Å². The minimum Gasteiger partial charge on any atom is -0.488 e. The molecule has 11 heteroatoms. The number of hydrogen-bond acceptors (Lipinski definition) is 9. The van der Waals surface area contributed by atoms with E-state index in [1.54, 1.807) is 21.8 Å². The van der Waals surface area contributed by atoms with Crippen LogP contribution in [-0.2, 0) is 35.5 Å². The Kier molecular flexibility index (Phi) is 14.2. The second kappa shape index (κ2) is 21.7. The molecular formula is C63H56N6O5. The molecule has 0 saturated heterocycles. The van der Waals surface area contributed by atoms with Crippen molar-refractivity contribution >= 4 is 6.16 Å². The molecule has 4 aromatic heterocycles. The highest BCUT2D eigenvalue weighted by Gasteiger charge is 2.33. The summed E-state index contributed by atoms with van der Waals surface area (Å²) in [7, 11) is 0. The highest BCUT2D eigenvalue weighted by atomic mass is 16.7. The number of pyridine rings is 2. The molecule has 0 unspecified atom stereocenters. The molecule has 0 saturated carbocycles. The van der Waals surface area contributed by atoms with E-state index in [0.717, 1.165) is 67.4 Å². The van der Waals surface area contributed by atoms with Gasteiger partial charge in [-0.2, -0.15) is 10.2 Å². The van der Waals surface area contributed by atoms with Crippen LogP contribution in [0.2, 0.25) is 0 Å². The highest BCUT2D eigenvalue weighted by molar-refractivity contribution is 5.77. The molecule has 10 rings (SSSR count). The summed E-state index contributed by atoms with van der Waals surface area (Å²) >= 11 is 0. The Morgan fingerprint density at radius 2 is 0.811 bits per heavy atom. The van der Waals surface area contributed by atoms with E-state index in [1.807, 2.05) is 161 Å². The summed E-state index contributed by atoms with van der Waals surface area (Å²) in [5.41, 5.74) is 8.80. The molecule has 4 heterocycles. The first kappa shape index (κ1) is 48.5. The Labute approximate surface area is 431 Å². The van der Waals surface area contributed by atoms with Crippen LogP contribution in [0.1, 0.15) is 50.2 Å². The van der Waals surface area contributed by atoms with Gasteiger partial charge in [-0.25, -0.2) is 24.1 Å². The van der Waals surface area contributed by atoms with Crippen molar-refractivity contribution in [3.8, 4) is 67.9 Å². The minimum absolute atomic E-state index is 0.293. The molecule has 368 valence electrons. The van der Waals surface area contributed by atoms with Crippen molar-refractivity contribution in [2.45, 2.75) is 65.0 Å².